The number of nitrogens with one attached hydrogen (secondary N) is 1. The van der Waals surface area contributed by atoms with Gasteiger partial charge in [-0.25, -0.2) is 17.9 Å². The molecule has 1 N–H and O–H groups in total. The van der Waals surface area contributed by atoms with E-state index < -0.39 is 10.0 Å². The summed E-state index contributed by atoms with van der Waals surface area (Å²) in [6, 6.07) is 15.3. The second-order valence-electron chi connectivity index (χ2n) is 4.33. The fourth-order valence-electron chi connectivity index (χ4n) is 1.81. The van der Waals surface area contributed by atoms with Gasteiger partial charge in [0.05, 0.1) is 10.6 Å². The lowest BCUT2D eigenvalue weighted by atomic mass is 10.2. The molecule has 0 unspecified atom stereocenters. The predicted molar refractivity (Wildman–Crippen MR) is 79.6 cm³/mol. The number of aliphatic imine (C=N–C) groups is 1. The molecule has 0 amide bonds. The zero-order chi connectivity index (χ0) is 15.1. The van der Waals surface area contributed by atoms with Gasteiger partial charge in [-0.1, -0.05) is 30.3 Å². The molecule has 0 bridgehead atoms. The molecule has 2 aromatic carbocycles. The predicted octanol–water partition coefficient (Wildman–Crippen LogP) is 2.17. The van der Waals surface area contributed by atoms with Crippen LogP contribution in [0.2, 0.25) is 0 Å². The Morgan fingerprint density at radius 3 is 2.29 bits per heavy atom. The zero-order valence-corrected chi connectivity index (χ0v) is 12.0. The molecule has 2 rings (SSSR count). The smallest absolute Gasteiger partial charge is 0.211 e. The molecule has 5 nitrogen and oxygen atoms in total. The van der Waals surface area contributed by atoms with Gasteiger partial charge in [0.2, 0.25) is 16.1 Å². The van der Waals surface area contributed by atoms with Crippen LogP contribution in [-0.4, -0.2) is 21.0 Å². The first kappa shape index (κ1) is 15.1. The maximum Gasteiger partial charge on any atom is 0.240 e. The maximum atomic E-state index is 12.1. The van der Waals surface area contributed by atoms with E-state index in [1.54, 1.807) is 0 Å². The minimum absolute atomic E-state index is 0.139. The van der Waals surface area contributed by atoms with Crippen LogP contribution in [0, 0.1) is 0 Å². The van der Waals surface area contributed by atoms with E-state index in [4.69, 9.17) is 0 Å². The summed E-state index contributed by atoms with van der Waals surface area (Å²) in [5, 5.41) is 0. The van der Waals surface area contributed by atoms with E-state index in [0.29, 0.717) is 18.7 Å². The average Bonchev–Trinajstić information content (AvgIpc) is 2.49. The van der Waals surface area contributed by atoms with Crippen LogP contribution in [0.15, 0.2) is 64.5 Å². The SMILES string of the molecule is O=C=Nc1ccc(S(=O)(=O)NCCc2ccccc2)cc1. The minimum atomic E-state index is -3.55. The molecule has 0 aliphatic heterocycles. The molecule has 0 saturated heterocycles. The first-order chi connectivity index (χ1) is 10.1. The molecule has 0 aliphatic rings. The van der Waals surface area contributed by atoms with E-state index >= 15 is 0 Å². The Hall–Kier alpha value is -2.27. The lowest BCUT2D eigenvalue weighted by Gasteiger charge is -2.07. The Kier molecular flexibility index (Phi) is 5.00. The van der Waals surface area contributed by atoms with Crippen molar-refractivity contribution in [2.75, 3.05) is 6.54 Å². The third kappa shape index (κ3) is 4.36. The first-order valence-electron chi connectivity index (χ1n) is 6.33. The van der Waals surface area contributed by atoms with Gasteiger partial charge in [0.1, 0.15) is 0 Å². The maximum absolute atomic E-state index is 12.1. The van der Waals surface area contributed by atoms with Gasteiger partial charge in [0, 0.05) is 6.54 Å². The van der Waals surface area contributed by atoms with Crippen molar-refractivity contribution in [3.05, 3.63) is 60.2 Å². The third-order valence-corrected chi connectivity index (χ3v) is 4.35. The lowest BCUT2D eigenvalue weighted by Crippen LogP contribution is -2.25. The second kappa shape index (κ2) is 6.95. The number of rotatable bonds is 6. The monoisotopic (exact) mass is 302 g/mol. The fraction of sp³-hybridized carbons (Fsp3) is 0.133. The van der Waals surface area contributed by atoms with Crippen molar-refractivity contribution in [3.8, 4) is 0 Å². The number of isocyanates is 1. The van der Waals surface area contributed by atoms with E-state index in [1.807, 2.05) is 30.3 Å². The minimum Gasteiger partial charge on any atom is -0.211 e. The molecular weight excluding hydrogens is 288 g/mol. The van der Waals surface area contributed by atoms with Crippen LogP contribution in [-0.2, 0) is 21.2 Å². The molecule has 0 spiro atoms. The number of nitrogens with zero attached hydrogens (tertiary/aromatic N) is 1. The number of benzene rings is 2. The molecule has 0 saturated carbocycles. The molecule has 0 heterocycles. The number of hydrogen-bond donors (Lipinski definition) is 1. The molecule has 0 atom stereocenters. The normalized spacial score (nSPS) is 10.9. The summed E-state index contributed by atoms with van der Waals surface area (Å²) in [6.07, 6.45) is 2.02. The van der Waals surface area contributed by atoms with Gasteiger partial charge in [0.25, 0.3) is 0 Å². The van der Waals surface area contributed by atoms with E-state index in [2.05, 4.69) is 9.71 Å². The first-order valence-corrected chi connectivity index (χ1v) is 7.82. The summed E-state index contributed by atoms with van der Waals surface area (Å²) in [5.41, 5.74) is 1.43. The lowest BCUT2D eigenvalue weighted by molar-refractivity contribution is 0.565. The van der Waals surface area contributed by atoms with Crippen LogP contribution >= 0.6 is 0 Å². The quantitative estimate of drug-likeness (QED) is 0.656. The molecule has 0 aromatic heterocycles. The second-order valence-corrected chi connectivity index (χ2v) is 6.10. The van der Waals surface area contributed by atoms with Gasteiger partial charge < -0.3 is 0 Å². The Labute approximate surface area is 123 Å². The van der Waals surface area contributed by atoms with Crippen molar-refractivity contribution in [1.82, 2.24) is 4.72 Å². The molecule has 6 heteroatoms. The van der Waals surface area contributed by atoms with Crippen molar-refractivity contribution in [2.24, 2.45) is 4.99 Å². The van der Waals surface area contributed by atoms with E-state index in [1.165, 1.54) is 30.3 Å². The molecule has 0 aliphatic carbocycles. The van der Waals surface area contributed by atoms with Gasteiger partial charge in [0.15, 0.2) is 0 Å². The van der Waals surface area contributed by atoms with Crippen molar-refractivity contribution in [1.29, 1.82) is 0 Å². The standard InChI is InChI=1S/C15H14N2O3S/c18-12-16-14-6-8-15(9-7-14)21(19,20)17-11-10-13-4-2-1-3-5-13/h1-9,17H,10-11H2. The molecule has 0 fully saturated rings. The van der Waals surface area contributed by atoms with E-state index in [0.717, 1.165) is 5.56 Å². The van der Waals surface area contributed by atoms with E-state index in [-0.39, 0.29) is 4.90 Å². The highest BCUT2D eigenvalue weighted by Gasteiger charge is 2.12. The third-order valence-electron chi connectivity index (χ3n) is 2.87. The van der Waals surface area contributed by atoms with Crippen molar-refractivity contribution < 1.29 is 13.2 Å². The van der Waals surface area contributed by atoms with Crippen LogP contribution in [0.4, 0.5) is 5.69 Å². The number of hydrogen-bond acceptors (Lipinski definition) is 4. The number of carbonyl (C=O) groups excluding carboxylic acids is 1. The van der Waals surface area contributed by atoms with Gasteiger partial charge in [-0.3, -0.25) is 0 Å². The molecule has 0 radical (unpaired) electrons. The molecule has 2 aromatic rings. The molecule has 21 heavy (non-hydrogen) atoms. The summed E-state index contributed by atoms with van der Waals surface area (Å²) in [4.78, 5) is 13.7. The highest BCUT2D eigenvalue weighted by Crippen LogP contribution is 2.15. The van der Waals surface area contributed by atoms with Crippen LogP contribution in [0.3, 0.4) is 0 Å². The Bertz CT molecular complexity index is 734. The Balaban J connectivity index is 1.99. The summed E-state index contributed by atoms with van der Waals surface area (Å²) in [7, 11) is -3.55. The number of sulfonamides is 1. The summed E-state index contributed by atoms with van der Waals surface area (Å²) >= 11 is 0. The average molecular weight is 302 g/mol. The van der Waals surface area contributed by atoms with Crippen LogP contribution in [0.5, 0.6) is 0 Å². The van der Waals surface area contributed by atoms with Crippen LogP contribution in [0.1, 0.15) is 5.56 Å². The van der Waals surface area contributed by atoms with Gasteiger partial charge in [-0.05, 0) is 36.2 Å². The highest BCUT2D eigenvalue weighted by molar-refractivity contribution is 7.89. The van der Waals surface area contributed by atoms with Crippen molar-refractivity contribution in [3.63, 3.8) is 0 Å². The van der Waals surface area contributed by atoms with Crippen molar-refractivity contribution >= 4 is 21.8 Å². The topological polar surface area (TPSA) is 75.6 Å². The molecular formula is C15H14N2O3S. The van der Waals surface area contributed by atoms with E-state index in [9.17, 15) is 13.2 Å². The molecule has 108 valence electrons. The summed E-state index contributed by atoms with van der Waals surface area (Å²) < 4.78 is 26.7. The van der Waals surface area contributed by atoms with Gasteiger partial charge in [-0.2, -0.15) is 4.99 Å². The van der Waals surface area contributed by atoms with Gasteiger partial charge in [-0.15, -0.1) is 0 Å². The largest absolute Gasteiger partial charge is 0.240 e. The highest BCUT2D eigenvalue weighted by atomic mass is 32.2. The Morgan fingerprint density at radius 1 is 1.00 bits per heavy atom. The van der Waals surface area contributed by atoms with Gasteiger partial charge >= 0.3 is 0 Å². The van der Waals surface area contributed by atoms with Crippen molar-refractivity contribution in [2.45, 2.75) is 11.3 Å². The van der Waals surface area contributed by atoms with Crippen LogP contribution in [0.25, 0.3) is 0 Å². The summed E-state index contributed by atoms with van der Waals surface area (Å²) in [5.74, 6) is 0. The summed E-state index contributed by atoms with van der Waals surface area (Å²) in [6.45, 7) is 0.320. The fourth-order valence-corrected chi connectivity index (χ4v) is 2.84. The Morgan fingerprint density at radius 2 is 1.67 bits per heavy atom. The zero-order valence-electron chi connectivity index (χ0n) is 11.2. The van der Waals surface area contributed by atoms with Crippen LogP contribution < -0.4 is 4.72 Å².